The predicted octanol–water partition coefficient (Wildman–Crippen LogP) is 2.21. The molecule has 0 saturated carbocycles. The van der Waals surface area contributed by atoms with Gasteiger partial charge in [-0.05, 0) is 33.9 Å². The minimum Gasteiger partial charge on any atom is -0.496 e. The molecule has 1 N–H and O–H groups in total. The second-order valence-electron chi connectivity index (χ2n) is 5.30. The molecule has 0 aliphatic carbocycles. The summed E-state index contributed by atoms with van der Waals surface area (Å²) in [6.45, 7) is 7.10. The highest BCUT2D eigenvalue weighted by Gasteiger charge is 2.16. The molecule has 0 fully saturated rings. The molecule has 0 aromatic heterocycles. The quantitative estimate of drug-likeness (QED) is 0.852. The Hall–Kier alpha value is -1.06. The van der Waals surface area contributed by atoms with Crippen LogP contribution in [0.5, 0.6) is 5.75 Å². The first-order valence-corrected chi connectivity index (χ1v) is 5.86. The molecule has 0 unspecified atom stereocenters. The molecule has 3 heteroatoms. The first-order valence-electron chi connectivity index (χ1n) is 5.86. The third kappa shape index (κ3) is 4.75. The Balaban J connectivity index is 2.76. The summed E-state index contributed by atoms with van der Waals surface area (Å²) in [5.74, 6) is 0.901. The maximum Gasteiger partial charge on any atom is 0.123 e. The minimum atomic E-state index is -0.675. The molecular weight excluding hydrogens is 214 g/mol. The lowest BCUT2D eigenvalue weighted by atomic mass is 10.1. The summed E-state index contributed by atoms with van der Waals surface area (Å²) in [6, 6.07) is 6.15. The molecule has 1 aromatic rings. The molecule has 0 aliphatic rings. The molecule has 1 rings (SSSR count). The number of aryl methyl sites for hydroxylation is 1. The van der Waals surface area contributed by atoms with Gasteiger partial charge in [-0.3, -0.25) is 4.90 Å². The van der Waals surface area contributed by atoms with E-state index in [-0.39, 0.29) is 0 Å². The maximum absolute atomic E-state index is 9.77. The standard InChI is InChI=1S/C14H23NO2/c1-11-6-7-13(17-5)12(8-11)9-15(4)10-14(2,3)16/h6-8,16H,9-10H2,1-5H3. The number of benzene rings is 1. The van der Waals surface area contributed by atoms with Crippen LogP contribution in [-0.2, 0) is 6.54 Å². The number of aliphatic hydroxyl groups is 1. The lowest BCUT2D eigenvalue weighted by Gasteiger charge is -2.26. The molecule has 0 radical (unpaired) electrons. The van der Waals surface area contributed by atoms with Crippen molar-refractivity contribution in [3.05, 3.63) is 29.3 Å². The molecule has 96 valence electrons. The van der Waals surface area contributed by atoms with Crippen LogP contribution in [0.2, 0.25) is 0 Å². The van der Waals surface area contributed by atoms with Crippen molar-refractivity contribution in [1.29, 1.82) is 0 Å². The molecule has 0 amide bonds. The Labute approximate surface area is 104 Å². The molecule has 3 nitrogen and oxygen atoms in total. The Kier molecular flexibility index (Phi) is 4.54. The van der Waals surface area contributed by atoms with Gasteiger partial charge in [-0.1, -0.05) is 17.7 Å². The Morgan fingerprint density at radius 2 is 2.00 bits per heavy atom. The fourth-order valence-corrected chi connectivity index (χ4v) is 2.04. The van der Waals surface area contributed by atoms with Crippen LogP contribution >= 0.6 is 0 Å². The third-order valence-corrected chi connectivity index (χ3v) is 2.53. The van der Waals surface area contributed by atoms with Crippen molar-refractivity contribution >= 4 is 0 Å². The summed E-state index contributed by atoms with van der Waals surface area (Å²) in [5.41, 5.74) is 1.70. The molecule has 0 aliphatic heterocycles. The van der Waals surface area contributed by atoms with Crippen molar-refractivity contribution in [1.82, 2.24) is 4.90 Å². The van der Waals surface area contributed by atoms with Crippen LogP contribution in [0.3, 0.4) is 0 Å². The van der Waals surface area contributed by atoms with Crippen LogP contribution in [0, 0.1) is 6.92 Å². The zero-order valence-corrected chi connectivity index (χ0v) is 11.4. The van der Waals surface area contributed by atoms with Crippen LogP contribution in [0.15, 0.2) is 18.2 Å². The van der Waals surface area contributed by atoms with Crippen molar-refractivity contribution < 1.29 is 9.84 Å². The topological polar surface area (TPSA) is 32.7 Å². The normalized spacial score (nSPS) is 11.9. The summed E-state index contributed by atoms with van der Waals surface area (Å²) in [6.07, 6.45) is 0. The van der Waals surface area contributed by atoms with Gasteiger partial charge in [0, 0.05) is 18.7 Å². The number of nitrogens with zero attached hydrogens (tertiary/aromatic N) is 1. The zero-order valence-electron chi connectivity index (χ0n) is 11.4. The molecule has 17 heavy (non-hydrogen) atoms. The number of likely N-dealkylation sites (N-methyl/N-ethyl adjacent to an activating group) is 1. The van der Waals surface area contributed by atoms with Crippen molar-refractivity contribution in [3.63, 3.8) is 0 Å². The number of rotatable bonds is 5. The minimum absolute atomic E-state index is 0.629. The summed E-state index contributed by atoms with van der Waals surface area (Å²) in [7, 11) is 3.68. The van der Waals surface area contributed by atoms with Crippen LogP contribution < -0.4 is 4.74 Å². The van der Waals surface area contributed by atoms with E-state index >= 15 is 0 Å². The summed E-state index contributed by atoms with van der Waals surface area (Å²) in [4.78, 5) is 2.09. The zero-order chi connectivity index (χ0) is 13.1. The molecular formula is C14H23NO2. The van der Waals surface area contributed by atoms with E-state index in [0.29, 0.717) is 6.54 Å². The highest BCUT2D eigenvalue weighted by atomic mass is 16.5. The SMILES string of the molecule is COc1ccc(C)cc1CN(C)CC(C)(C)O. The van der Waals surface area contributed by atoms with Crippen molar-refractivity contribution in [2.24, 2.45) is 0 Å². The van der Waals surface area contributed by atoms with Crippen molar-refractivity contribution in [2.45, 2.75) is 32.9 Å². The van der Waals surface area contributed by atoms with Gasteiger partial charge in [0.2, 0.25) is 0 Å². The van der Waals surface area contributed by atoms with Crippen LogP contribution in [-0.4, -0.2) is 36.3 Å². The van der Waals surface area contributed by atoms with Gasteiger partial charge in [-0.15, -0.1) is 0 Å². The van der Waals surface area contributed by atoms with E-state index in [1.54, 1.807) is 7.11 Å². The van der Waals surface area contributed by atoms with Crippen LogP contribution in [0.4, 0.5) is 0 Å². The van der Waals surface area contributed by atoms with Crippen molar-refractivity contribution in [3.8, 4) is 5.75 Å². The monoisotopic (exact) mass is 237 g/mol. The fourth-order valence-electron chi connectivity index (χ4n) is 2.04. The van der Waals surface area contributed by atoms with Crippen LogP contribution in [0.1, 0.15) is 25.0 Å². The van der Waals surface area contributed by atoms with Gasteiger partial charge < -0.3 is 9.84 Å². The lowest BCUT2D eigenvalue weighted by molar-refractivity contribution is 0.0423. The van der Waals surface area contributed by atoms with Gasteiger partial charge in [0.15, 0.2) is 0 Å². The third-order valence-electron chi connectivity index (χ3n) is 2.53. The van der Waals surface area contributed by atoms with E-state index in [4.69, 9.17) is 4.74 Å². The molecule has 1 aromatic carbocycles. The van der Waals surface area contributed by atoms with E-state index in [1.807, 2.05) is 33.0 Å². The molecule has 0 saturated heterocycles. The maximum atomic E-state index is 9.77. The van der Waals surface area contributed by atoms with E-state index in [0.717, 1.165) is 17.9 Å². The number of hydrogen-bond donors (Lipinski definition) is 1. The highest BCUT2D eigenvalue weighted by Crippen LogP contribution is 2.21. The van der Waals surface area contributed by atoms with E-state index in [1.165, 1.54) is 5.56 Å². The number of hydrogen-bond acceptors (Lipinski definition) is 3. The summed E-state index contributed by atoms with van der Waals surface area (Å²) >= 11 is 0. The van der Waals surface area contributed by atoms with E-state index in [9.17, 15) is 5.11 Å². The van der Waals surface area contributed by atoms with Gasteiger partial charge >= 0.3 is 0 Å². The number of ether oxygens (including phenoxy) is 1. The molecule has 0 atom stereocenters. The van der Waals surface area contributed by atoms with Gasteiger partial charge in [0.05, 0.1) is 12.7 Å². The van der Waals surface area contributed by atoms with Gasteiger partial charge in [-0.25, -0.2) is 0 Å². The Morgan fingerprint density at radius 3 is 2.53 bits per heavy atom. The second kappa shape index (κ2) is 5.52. The highest BCUT2D eigenvalue weighted by molar-refractivity contribution is 5.36. The molecule has 0 heterocycles. The van der Waals surface area contributed by atoms with Gasteiger partial charge in [-0.2, -0.15) is 0 Å². The number of methoxy groups -OCH3 is 1. The van der Waals surface area contributed by atoms with Crippen molar-refractivity contribution in [2.75, 3.05) is 20.7 Å². The average Bonchev–Trinajstić information content (AvgIpc) is 2.14. The largest absolute Gasteiger partial charge is 0.496 e. The molecule has 0 bridgehead atoms. The molecule has 0 spiro atoms. The second-order valence-corrected chi connectivity index (χ2v) is 5.30. The van der Waals surface area contributed by atoms with Crippen LogP contribution in [0.25, 0.3) is 0 Å². The summed E-state index contributed by atoms with van der Waals surface area (Å²) in [5, 5.41) is 9.77. The fraction of sp³-hybridized carbons (Fsp3) is 0.571. The first kappa shape index (κ1) is 14.0. The Morgan fingerprint density at radius 1 is 1.35 bits per heavy atom. The van der Waals surface area contributed by atoms with Gasteiger partial charge in [0.1, 0.15) is 5.75 Å². The summed E-state index contributed by atoms with van der Waals surface area (Å²) < 4.78 is 5.34. The first-order chi connectivity index (χ1) is 7.81. The van der Waals surface area contributed by atoms with Gasteiger partial charge in [0.25, 0.3) is 0 Å². The average molecular weight is 237 g/mol. The van der Waals surface area contributed by atoms with E-state index in [2.05, 4.69) is 17.9 Å². The van der Waals surface area contributed by atoms with E-state index < -0.39 is 5.60 Å². The lowest BCUT2D eigenvalue weighted by Crippen LogP contribution is -2.35. The predicted molar refractivity (Wildman–Crippen MR) is 70.4 cm³/mol. The Bertz CT molecular complexity index is 369. The smallest absolute Gasteiger partial charge is 0.123 e.